The number of furan rings is 1. The van der Waals surface area contributed by atoms with Crippen molar-refractivity contribution in [1.29, 1.82) is 0 Å². The summed E-state index contributed by atoms with van der Waals surface area (Å²) in [6, 6.07) is 27.7. The maximum absolute atomic E-state index is 6.19. The Bertz CT molecular complexity index is 1210. The van der Waals surface area contributed by atoms with Gasteiger partial charge < -0.3 is 4.42 Å². The first-order valence-electron chi connectivity index (χ1n) is 8.21. The van der Waals surface area contributed by atoms with Gasteiger partial charge in [0.1, 0.15) is 11.2 Å². The normalized spacial score (nSPS) is 11.5. The van der Waals surface area contributed by atoms with E-state index in [4.69, 9.17) is 4.42 Å². The molecule has 0 bridgehead atoms. The van der Waals surface area contributed by atoms with E-state index < -0.39 is 0 Å². The minimum Gasteiger partial charge on any atom is -0.455 e. The molecule has 0 saturated heterocycles. The van der Waals surface area contributed by atoms with Crippen LogP contribution in [0, 0.1) is 6.92 Å². The van der Waals surface area contributed by atoms with Gasteiger partial charge in [0.05, 0.1) is 0 Å². The molecule has 1 nitrogen and oxygen atoms in total. The monoisotopic (exact) mass is 308 g/mol. The van der Waals surface area contributed by atoms with Gasteiger partial charge in [0.2, 0.25) is 0 Å². The zero-order chi connectivity index (χ0) is 16.1. The van der Waals surface area contributed by atoms with E-state index in [1.165, 1.54) is 38.2 Å². The Balaban J connectivity index is 1.85. The fourth-order valence-corrected chi connectivity index (χ4v) is 3.57. The molecule has 0 atom stereocenters. The largest absolute Gasteiger partial charge is 0.455 e. The van der Waals surface area contributed by atoms with Crippen LogP contribution in [0.15, 0.2) is 83.3 Å². The third kappa shape index (κ3) is 1.88. The second-order valence-corrected chi connectivity index (χ2v) is 6.29. The number of fused-ring (bicyclic) bond motifs is 5. The lowest BCUT2D eigenvalue weighted by Gasteiger charge is -2.05. The van der Waals surface area contributed by atoms with Gasteiger partial charge in [-0.3, -0.25) is 0 Å². The number of benzene rings is 4. The molecule has 0 aliphatic heterocycles. The molecule has 0 spiro atoms. The molecule has 0 N–H and O–H groups in total. The SMILES string of the molecule is Cc1ccccc1-c1ccc2oc3c4ccccc4ccc3c2c1. The van der Waals surface area contributed by atoms with Crippen molar-refractivity contribution in [1.82, 2.24) is 0 Å². The van der Waals surface area contributed by atoms with E-state index in [0.29, 0.717) is 0 Å². The van der Waals surface area contributed by atoms with Gasteiger partial charge in [-0.15, -0.1) is 0 Å². The smallest absolute Gasteiger partial charge is 0.143 e. The molecule has 4 aromatic carbocycles. The summed E-state index contributed by atoms with van der Waals surface area (Å²) in [6.07, 6.45) is 0. The van der Waals surface area contributed by atoms with Crippen LogP contribution in [0.25, 0.3) is 43.8 Å². The van der Waals surface area contributed by atoms with Crippen LogP contribution in [0.5, 0.6) is 0 Å². The number of hydrogen-bond acceptors (Lipinski definition) is 1. The Kier molecular flexibility index (Phi) is 2.77. The minimum atomic E-state index is 0.943. The fourth-order valence-electron chi connectivity index (χ4n) is 3.57. The van der Waals surface area contributed by atoms with Crippen LogP contribution in [0.2, 0.25) is 0 Å². The maximum atomic E-state index is 6.19. The summed E-state index contributed by atoms with van der Waals surface area (Å²) in [6.45, 7) is 2.15. The highest BCUT2D eigenvalue weighted by molar-refractivity contribution is 6.15. The molecule has 114 valence electrons. The highest BCUT2D eigenvalue weighted by Gasteiger charge is 2.11. The van der Waals surface area contributed by atoms with Gasteiger partial charge in [0.25, 0.3) is 0 Å². The van der Waals surface area contributed by atoms with Crippen molar-refractivity contribution in [2.75, 3.05) is 0 Å². The molecule has 1 aromatic heterocycles. The van der Waals surface area contributed by atoms with Crippen LogP contribution in [0.4, 0.5) is 0 Å². The molecule has 1 heterocycles. The Hall–Kier alpha value is -3.06. The van der Waals surface area contributed by atoms with Crippen LogP contribution >= 0.6 is 0 Å². The average Bonchev–Trinajstić information content (AvgIpc) is 3.00. The van der Waals surface area contributed by atoms with E-state index in [2.05, 4.69) is 85.8 Å². The Morgan fingerprint density at radius 1 is 0.667 bits per heavy atom. The molecule has 1 heteroatoms. The van der Waals surface area contributed by atoms with Gasteiger partial charge >= 0.3 is 0 Å². The van der Waals surface area contributed by atoms with Gasteiger partial charge in [-0.25, -0.2) is 0 Å². The minimum absolute atomic E-state index is 0.943. The average molecular weight is 308 g/mol. The summed E-state index contributed by atoms with van der Waals surface area (Å²) in [5, 5.41) is 4.74. The van der Waals surface area contributed by atoms with E-state index in [-0.39, 0.29) is 0 Å². The summed E-state index contributed by atoms with van der Waals surface area (Å²) >= 11 is 0. The predicted octanol–water partition coefficient (Wildman–Crippen LogP) is 6.71. The zero-order valence-corrected chi connectivity index (χ0v) is 13.4. The third-order valence-electron chi connectivity index (χ3n) is 4.82. The van der Waals surface area contributed by atoms with E-state index in [1.54, 1.807) is 0 Å². The van der Waals surface area contributed by atoms with Crippen LogP contribution in [0.3, 0.4) is 0 Å². The molecule has 5 rings (SSSR count). The molecular formula is C23H16O. The van der Waals surface area contributed by atoms with Crippen molar-refractivity contribution in [3.05, 3.63) is 84.4 Å². The molecule has 0 aliphatic carbocycles. The number of rotatable bonds is 1. The van der Waals surface area contributed by atoms with E-state index >= 15 is 0 Å². The van der Waals surface area contributed by atoms with E-state index in [1.807, 2.05) is 0 Å². The first-order valence-corrected chi connectivity index (χ1v) is 8.21. The topological polar surface area (TPSA) is 13.1 Å². The molecule has 24 heavy (non-hydrogen) atoms. The van der Waals surface area contributed by atoms with Crippen LogP contribution in [-0.4, -0.2) is 0 Å². The molecular weight excluding hydrogens is 292 g/mol. The summed E-state index contributed by atoms with van der Waals surface area (Å²) in [5.74, 6) is 0. The van der Waals surface area contributed by atoms with Gasteiger partial charge in [0.15, 0.2) is 0 Å². The van der Waals surface area contributed by atoms with Crippen LogP contribution in [-0.2, 0) is 0 Å². The third-order valence-corrected chi connectivity index (χ3v) is 4.82. The van der Waals surface area contributed by atoms with Gasteiger partial charge in [0, 0.05) is 16.2 Å². The second-order valence-electron chi connectivity index (χ2n) is 6.29. The summed E-state index contributed by atoms with van der Waals surface area (Å²) in [7, 11) is 0. The molecule has 0 unspecified atom stereocenters. The predicted molar refractivity (Wildman–Crippen MR) is 101 cm³/mol. The second kappa shape index (κ2) is 4.97. The van der Waals surface area contributed by atoms with Crippen molar-refractivity contribution in [3.8, 4) is 11.1 Å². The van der Waals surface area contributed by atoms with Crippen LogP contribution < -0.4 is 0 Å². The maximum Gasteiger partial charge on any atom is 0.143 e. The summed E-state index contributed by atoms with van der Waals surface area (Å²) in [4.78, 5) is 0. The van der Waals surface area contributed by atoms with Crippen molar-refractivity contribution < 1.29 is 4.42 Å². The van der Waals surface area contributed by atoms with Gasteiger partial charge in [-0.2, -0.15) is 0 Å². The summed E-state index contributed by atoms with van der Waals surface area (Å²) in [5.41, 5.74) is 5.71. The molecule has 5 aromatic rings. The van der Waals surface area contributed by atoms with E-state index in [0.717, 1.165) is 11.2 Å². The molecule has 0 saturated carbocycles. The highest BCUT2D eigenvalue weighted by atomic mass is 16.3. The Morgan fingerprint density at radius 2 is 1.50 bits per heavy atom. The highest BCUT2D eigenvalue weighted by Crippen LogP contribution is 2.36. The van der Waals surface area contributed by atoms with Crippen LogP contribution in [0.1, 0.15) is 5.56 Å². The van der Waals surface area contributed by atoms with Crippen molar-refractivity contribution in [3.63, 3.8) is 0 Å². The van der Waals surface area contributed by atoms with Crippen molar-refractivity contribution >= 4 is 32.7 Å². The van der Waals surface area contributed by atoms with Gasteiger partial charge in [-0.05, 0) is 47.2 Å². The molecule has 0 radical (unpaired) electrons. The van der Waals surface area contributed by atoms with Crippen molar-refractivity contribution in [2.45, 2.75) is 6.92 Å². The quantitative estimate of drug-likeness (QED) is 0.335. The zero-order valence-electron chi connectivity index (χ0n) is 13.4. The fraction of sp³-hybridized carbons (Fsp3) is 0.0435. The first-order chi connectivity index (χ1) is 11.8. The van der Waals surface area contributed by atoms with Crippen molar-refractivity contribution in [2.24, 2.45) is 0 Å². The lowest BCUT2D eigenvalue weighted by molar-refractivity contribution is 0.672. The number of aryl methyl sites for hydroxylation is 1. The first kappa shape index (κ1) is 13.4. The Labute approximate surface area is 140 Å². The summed E-state index contributed by atoms with van der Waals surface area (Å²) < 4.78 is 6.19. The van der Waals surface area contributed by atoms with Gasteiger partial charge in [-0.1, -0.05) is 60.7 Å². The number of hydrogen-bond donors (Lipinski definition) is 0. The lowest BCUT2D eigenvalue weighted by Crippen LogP contribution is -1.82. The van der Waals surface area contributed by atoms with E-state index in [9.17, 15) is 0 Å². The molecule has 0 amide bonds. The lowest BCUT2D eigenvalue weighted by atomic mass is 9.98. The standard InChI is InChI=1S/C23H16O/c1-15-6-2-4-8-18(15)17-11-13-22-21(14-17)20-12-10-16-7-3-5-9-19(16)23(20)24-22/h2-14H,1H3. The Morgan fingerprint density at radius 3 is 2.42 bits per heavy atom. The molecule has 0 fully saturated rings. The molecule has 0 aliphatic rings.